The summed E-state index contributed by atoms with van der Waals surface area (Å²) in [5.41, 5.74) is 7.14. The third-order valence-electron chi connectivity index (χ3n) is 2.67. The number of nitrogen functional groups attached to an aromatic ring is 1. The Hall–Kier alpha value is -1.72. The van der Waals surface area contributed by atoms with Gasteiger partial charge in [-0.2, -0.15) is 0 Å². The Balaban J connectivity index is 2.28. The molecule has 0 fully saturated rings. The van der Waals surface area contributed by atoms with E-state index < -0.39 is 0 Å². The average molecular weight is 356 g/mol. The molecule has 20 heavy (non-hydrogen) atoms. The van der Waals surface area contributed by atoms with Gasteiger partial charge in [-0.3, -0.25) is 4.79 Å². The Morgan fingerprint density at radius 2 is 2.10 bits per heavy atom. The van der Waals surface area contributed by atoms with Crippen LogP contribution in [0.1, 0.15) is 10.4 Å². The van der Waals surface area contributed by atoms with Gasteiger partial charge in [0.2, 0.25) is 0 Å². The molecule has 0 atom stereocenters. The smallest absolute Gasteiger partial charge is 0.259 e. The number of carbonyl (C=O) groups is 1. The van der Waals surface area contributed by atoms with E-state index in [9.17, 15) is 4.79 Å². The van der Waals surface area contributed by atoms with E-state index in [-0.39, 0.29) is 5.91 Å². The number of para-hydroxylation sites is 1. The minimum absolute atomic E-state index is 0.312. The molecule has 2 aromatic rings. The van der Waals surface area contributed by atoms with E-state index in [0.717, 1.165) is 4.47 Å². The molecule has 0 heterocycles. The van der Waals surface area contributed by atoms with E-state index in [1.54, 1.807) is 36.4 Å². The topological polar surface area (TPSA) is 64.3 Å². The first kappa shape index (κ1) is 14.7. The lowest BCUT2D eigenvalue weighted by Crippen LogP contribution is -2.14. The maximum Gasteiger partial charge on any atom is 0.259 e. The molecule has 0 saturated carbocycles. The summed E-state index contributed by atoms with van der Waals surface area (Å²) in [5.74, 6) is 0.0424. The van der Waals surface area contributed by atoms with Gasteiger partial charge in [0.1, 0.15) is 0 Å². The maximum absolute atomic E-state index is 12.2. The minimum Gasteiger partial charge on any atom is -0.494 e. The van der Waals surface area contributed by atoms with E-state index in [0.29, 0.717) is 27.7 Å². The fourth-order valence-electron chi connectivity index (χ4n) is 1.73. The molecular formula is C14H12BrClN2O2. The Kier molecular flexibility index (Phi) is 4.52. The largest absolute Gasteiger partial charge is 0.494 e. The van der Waals surface area contributed by atoms with Gasteiger partial charge in [-0.25, -0.2) is 0 Å². The highest BCUT2D eigenvalue weighted by Crippen LogP contribution is 2.28. The molecule has 0 radical (unpaired) electrons. The number of amides is 1. The number of halogens is 2. The third kappa shape index (κ3) is 3.05. The number of anilines is 2. The molecule has 3 N–H and O–H groups in total. The predicted molar refractivity (Wildman–Crippen MR) is 84.5 cm³/mol. The number of rotatable bonds is 3. The van der Waals surface area contributed by atoms with E-state index in [2.05, 4.69) is 21.2 Å². The summed E-state index contributed by atoms with van der Waals surface area (Å²) in [4.78, 5) is 12.2. The van der Waals surface area contributed by atoms with Crippen molar-refractivity contribution in [3.8, 4) is 5.75 Å². The summed E-state index contributed by atoms with van der Waals surface area (Å²) >= 11 is 9.28. The monoisotopic (exact) mass is 354 g/mol. The van der Waals surface area contributed by atoms with Gasteiger partial charge in [-0.15, -0.1) is 0 Å². The van der Waals surface area contributed by atoms with E-state index in [1.807, 2.05) is 0 Å². The second-order valence-corrected chi connectivity index (χ2v) is 5.27. The standard InChI is InChI=1S/C14H12BrClN2O2/c1-20-13-9(3-2-4-12(13)17)14(19)18-8-5-6-10(15)11(16)7-8/h2-7H,17H2,1H3,(H,18,19). The number of benzene rings is 2. The second-order valence-electron chi connectivity index (χ2n) is 4.01. The first-order valence-corrected chi connectivity index (χ1v) is 6.89. The first-order valence-electron chi connectivity index (χ1n) is 5.72. The molecule has 1 amide bonds. The van der Waals surface area contributed by atoms with Crippen LogP contribution in [-0.4, -0.2) is 13.0 Å². The van der Waals surface area contributed by atoms with Gasteiger partial charge in [-0.1, -0.05) is 17.7 Å². The van der Waals surface area contributed by atoms with Crippen LogP contribution in [0.15, 0.2) is 40.9 Å². The van der Waals surface area contributed by atoms with Crippen LogP contribution in [-0.2, 0) is 0 Å². The number of methoxy groups -OCH3 is 1. The molecule has 0 unspecified atom stereocenters. The zero-order chi connectivity index (χ0) is 14.7. The summed E-state index contributed by atoms with van der Waals surface area (Å²) in [6, 6.07) is 10.2. The molecule has 0 aromatic heterocycles. The van der Waals surface area contributed by atoms with Crippen molar-refractivity contribution < 1.29 is 9.53 Å². The zero-order valence-corrected chi connectivity index (χ0v) is 13.0. The second kappa shape index (κ2) is 6.15. The van der Waals surface area contributed by atoms with Crippen molar-refractivity contribution in [1.82, 2.24) is 0 Å². The Morgan fingerprint density at radius 1 is 1.35 bits per heavy atom. The van der Waals surface area contributed by atoms with Crippen molar-refractivity contribution >= 4 is 44.8 Å². The summed E-state index contributed by atoms with van der Waals surface area (Å²) in [5, 5.41) is 3.26. The molecule has 2 rings (SSSR count). The van der Waals surface area contributed by atoms with E-state index in [4.69, 9.17) is 22.1 Å². The molecule has 0 aliphatic rings. The highest BCUT2D eigenvalue weighted by molar-refractivity contribution is 9.10. The van der Waals surface area contributed by atoms with Crippen LogP contribution >= 0.6 is 27.5 Å². The summed E-state index contributed by atoms with van der Waals surface area (Å²) < 4.78 is 5.92. The average Bonchev–Trinajstić information content (AvgIpc) is 2.42. The summed E-state index contributed by atoms with van der Waals surface area (Å²) in [6.07, 6.45) is 0. The van der Waals surface area contributed by atoms with Crippen LogP contribution in [0, 0.1) is 0 Å². The SMILES string of the molecule is COc1c(N)cccc1C(=O)Nc1ccc(Br)c(Cl)c1. The highest BCUT2D eigenvalue weighted by atomic mass is 79.9. The van der Waals surface area contributed by atoms with Crippen molar-refractivity contribution in [2.24, 2.45) is 0 Å². The predicted octanol–water partition coefficient (Wildman–Crippen LogP) is 3.95. The highest BCUT2D eigenvalue weighted by Gasteiger charge is 2.14. The molecular weight excluding hydrogens is 344 g/mol. The van der Waals surface area contributed by atoms with E-state index in [1.165, 1.54) is 7.11 Å². The van der Waals surface area contributed by atoms with Gasteiger partial charge >= 0.3 is 0 Å². The van der Waals surface area contributed by atoms with Crippen LogP contribution in [0.25, 0.3) is 0 Å². The van der Waals surface area contributed by atoms with Gasteiger partial charge in [-0.05, 0) is 46.3 Å². The lowest BCUT2D eigenvalue weighted by Gasteiger charge is -2.11. The number of hydrogen-bond donors (Lipinski definition) is 2. The number of carbonyl (C=O) groups excluding carboxylic acids is 1. The molecule has 4 nitrogen and oxygen atoms in total. The molecule has 0 saturated heterocycles. The number of nitrogens with two attached hydrogens (primary N) is 1. The lowest BCUT2D eigenvalue weighted by molar-refractivity contribution is 0.102. The van der Waals surface area contributed by atoms with Gasteiger partial charge in [0.25, 0.3) is 5.91 Å². The molecule has 0 spiro atoms. The normalized spacial score (nSPS) is 10.2. The molecule has 0 bridgehead atoms. The van der Waals surface area contributed by atoms with Gasteiger partial charge in [0.15, 0.2) is 5.75 Å². The quantitative estimate of drug-likeness (QED) is 0.820. The Morgan fingerprint density at radius 3 is 2.75 bits per heavy atom. The number of nitrogens with one attached hydrogen (secondary N) is 1. The summed E-state index contributed by atoms with van der Waals surface area (Å²) in [7, 11) is 1.47. The van der Waals surface area contributed by atoms with Gasteiger partial charge in [0, 0.05) is 10.2 Å². The maximum atomic E-state index is 12.2. The van der Waals surface area contributed by atoms with Crippen LogP contribution in [0.3, 0.4) is 0 Å². The number of hydrogen-bond acceptors (Lipinski definition) is 3. The van der Waals surface area contributed by atoms with Crippen molar-refractivity contribution in [2.45, 2.75) is 0 Å². The Bertz CT molecular complexity index is 662. The van der Waals surface area contributed by atoms with Crippen molar-refractivity contribution in [2.75, 3.05) is 18.2 Å². The van der Waals surface area contributed by atoms with Gasteiger partial charge in [0.05, 0.1) is 23.4 Å². The first-order chi connectivity index (χ1) is 9.52. The fraction of sp³-hybridized carbons (Fsp3) is 0.0714. The lowest BCUT2D eigenvalue weighted by atomic mass is 10.1. The van der Waals surface area contributed by atoms with Crippen LogP contribution in [0.5, 0.6) is 5.75 Å². The van der Waals surface area contributed by atoms with E-state index >= 15 is 0 Å². The van der Waals surface area contributed by atoms with Crippen LogP contribution in [0.4, 0.5) is 11.4 Å². The molecule has 0 aliphatic carbocycles. The van der Waals surface area contributed by atoms with Crippen molar-refractivity contribution in [1.29, 1.82) is 0 Å². The van der Waals surface area contributed by atoms with Crippen LogP contribution < -0.4 is 15.8 Å². The summed E-state index contributed by atoms with van der Waals surface area (Å²) in [6.45, 7) is 0. The van der Waals surface area contributed by atoms with Crippen molar-refractivity contribution in [3.05, 3.63) is 51.5 Å². The van der Waals surface area contributed by atoms with Crippen molar-refractivity contribution in [3.63, 3.8) is 0 Å². The minimum atomic E-state index is -0.312. The molecule has 104 valence electrons. The molecule has 2 aromatic carbocycles. The fourth-order valence-corrected chi connectivity index (χ4v) is 2.16. The van der Waals surface area contributed by atoms with Crippen LogP contribution in [0.2, 0.25) is 5.02 Å². The molecule has 6 heteroatoms. The Labute approximate surface area is 130 Å². The number of ether oxygens (including phenoxy) is 1. The van der Waals surface area contributed by atoms with Gasteiger partial charge < -0.3 is 15.8 Å². The molecule has 0 aliphatic heterocycles. The third-order valence-corrected chi connectivity index (χ3v) is 3.90. The zero-order valence-electron chi connectivity index (χ0n) is 10.6.